The van der Waals surface area contributed by atoms with Gasteiger partial charge in [-0.1, -0.05) is 36.9 Å². The molecule has 0 spiro atoms. The Kier molecular flexibility index (Phi) is 5.44. The van der Waals surface area contributed by atoms with Crippen molar-refractivity contribution in [2.45, 2.75) is 30.4 Å². The Morgan fingerprint density at radius 3 is 2.71 bits per heavy atom. The summed E-state index contributed by atoms with van der Waals surface area (Å²) >= 11 is 1.72. The van der Waals surface area contributed by atoms with Gasteiger partial charge in [-0.05, 0) is 12.0 Å². The van der Waals surface area contributed by atoms with E-state index in [0.29, 0.717) is 18.5 Å². The van der Waals surface area contributed by atoms with Crippen molar-refractivity contribution in [2.24, 2.45) is 0 Å². The largest absolute Gasteiger partial charge is 0.469 e. The Morgan fingerprint density at radius 1 is 1.38 bits per heavy atom. The van der Waals surface area contributed by atoms with Gasteiger partial charge < -0.3 is 9.64 Å². The fourth-order valence-electron chi connectivity index (χ4n) is 2.14. The highest BCUT2D eigenvalue weighted by molar-refractivity contribution is 7.99. The van der Waals surface area contributed by atoms with Gasteiger partial charge >= 0.3 is 5.97 Å². The second-order valence-electron chi connectivity index (χ2n) is 4.86. The number of likely N-dealkylation sites (tertiary alicyclic amines) is 1. The molecule has 1 saturated heterocycles. The molecule has 1 aliphatic rings. The average Bonchev–Trinajstić information content (AvgIpc) is 2.49. The number of β-lactam (4-membered cyclic amide) rings is 1. The second-order valence-corrected chi connectivity index (χ2v) is 6.03. The molecule has 1 aromatic carbocycles. The van der Waals surface area contributed by atoms with Crippen molar-refractivity contribution in [3.63, 3.8) is 0 Å². The molecule has 0 bridgehead atoms. The van der Waals surface area contributed by atoms with Crippen LogP contribution in [0.25, 0.3) is 0 Å². The fourth-order valence-corrected chi connectivity index (χ4v) is 3.39. The van der Waals surface area contributed by atoms with Crippen molar-refractivity contribution in [1.29, 1.82) is 0 Å². The quantitative estimate of drug-likeness (QED) is 0.574. The maximum absolute atomic E-state index is 11.7. The lowest BCUT2D eigenvalue weighted by Gasteiger charge is -2.41. The number of rotatable bonds is 7. The zero-order valence-corrected chi connectivity index (χ0v) is 12.9. The highest BCUT2D eigenvalue weighted by Crippen LogP contribution is 2.35. The summed E-state index contributed by atoms with van der Waals surface area (Å²) in [5.74, 6) is 0.660. The van der Waals surface area contributed by atoms with Crippen LogP contribution in [0.2, 0.25) is 0 Å². The molecule has 1 aliphatic heterocycles. The van der Waals surface area contributed by atoms with Crippen molar-refractivity contribution >= 4 is 23.6 Å². The van der Waals surface area contributed by atoms with Crippen LogP contribution in [0.3, 0.4) is 0 Å². The van der Waals surface area contributed by atoms with Gasteiger partial charge in [-0.2, -0.15) is 0 Å². The Morgan fingerprint density at radius 2 is 2.10 bits per heavy atom. The Bertz CT molecular complexity index is 530. The molecule has 4 nitrogen and oxygen atoms in total. The van der Waals surface area contributed by atoms with Crippen LogP contribution in [0.4, 0.5) is 0 Å². The van der Waals surface area contributed by atoms with Crippen LogP contribution < -0.4 is 0 Å². The van der Waals surface area contributed by atoms with E-state index < -0.39 is 0 Å². The van der Waals surface area contributed by atoms with Crippen LogP contribution >= 0.6 is 11.8 Å². The number of hydrogen-bond donors (Lipinski definition) is 0. The van der Waals surface area contributed by atoms with Crippen LogP contribution in [0.1, 0.15) is 24.8 Å². The third-order valence-electron chi connectivity index (χ3n) is 3.38. The number of allylic oxidation sites excluding steroid dienone is 1. The summed E-state index contributed by atoms with van der Waals surface area (Å²) in [4.78, 5) is 24.6. The first kappa shape index (κ1) is 15.6. The molecule has 1 atom stereocenters. The van der Waals surface area contributed by atoms with Crippen molar-refractivity contribution in [3.05, 3.63) is 48.2 Å². The van der Waals surface area contributed by atoms with E-state index in [2.05, 4.69) is 23.4 Å². The number of methoxy groups -OCH3 is 1. The van der Waals surface area contributed by atoms with Gasteiger partial charge in [-0.25, -0.2) is 0 Å². The van der Waals surface area contributed by atoms with E-state index in [0.717, 1.165) is 5.75 Å². The molecule has 0 radical (unpaired) electrons. The molecule has 112 valence electrons. The lowest BCUT2D eigenvalue weighted by atomic mass is 10.1. The summed E-state index contributed by atoms with van der Waals surface area (Å²) in [5, 5.41) is 0.128. The molecule has 1 unspecified atom stereocenters. The molecule has 1 fully saturated rings. The highest BCUT2D eigenvalue weighted by atomic mass is 32.2. The van der Waals surface area contributed by atoms with Gasteiger partial charge in [0.1, 0.15) is 0 Å². The van der Waals surface area contributed by atoms with Crippen molar-refractivity contribution in [2.75, 3.05) is 7.11 Å². The van der Waals surface area contributed by atoms with Crippen molar-refractivity contribution in [1.82, 2.24) is 4.90 Å². The standard InChI is InChI=1S/C16H19NO3S/c1-12(8-9-16(19)20-2)17-14(18)10-15(17)21-11-13-6-4-3-5-7-13/h3-7,15H,1,8-11H2,2H3. The molecular formula is C16H19NO3S. The first-order valence-corrected chi connectivity index (χ1v) is 7.89. The summed E-state index contributed by atoms with van der Waals surface area (Å²) in [6, 6.07) is 10.2. The number of esters is 1. The summed E-state index contributed by atoms with van der Waals surface area (Å²) in [6.45, 7) is 3.92. The first-order valence-electron chi connectivity index (χ1n) is 6.84. The first-order chi connectivity index (χ1) is 10.1. The van der Waals surface area contributed by atoms with Gasteiger partial charge in [0.05, 0.1) is 25.3 Å². The van der Waals surface area contributed by atoms with Gasteiger partial charge in [0.2, 0.25) is 5.91 Å². The number of nitrogens with zero attached hydrogens (tertiary/aromatic N) is 1. The van der Waals surface area contributed by atoms with Gasteiger partial charge in [-0.3, -0.25) is 9.59 Å². The molecule has 0 aromatic heterocycles. The normalized spacial score (nSPS) is 17.3. The minimum atomic E-state index is -0.280. The topological polar surface area (TPSA) is 46.6 Å². The lowest BCUT2D eigenvalue weighted by Crippen LogP contribution is -2.49. The zero-order chi connectivity index (χ0) is 15.2. The molecule has 1 amide bonds. The summed E-state index contributed by atoms with van der Waals surface area (Å²) < 4.78 is 4.60. The van der Waals surface area contributed by atoms with Crippen molar-refractivity contribution < 1.29 is 14.3 Å². The number of ether oxygens (including phenoxy) is 1. The highest BCUT2D eigenvalue weighted by Gasteiger charge is 2.37. The zero-order valence-electron chi connectivity index (χ0n) is 12.1. The minimum Gasteiger partial charge on any atom is -0.469 e. The summed E-state index contributed by atoms with van der Waals surface area (Å²) in [6.07, 6.45) is 1.25. The van der Waals surface area contributed by atoms with Gasteiger partial charge in [0.25, 0.3) is 0 Å². The van der Waals surface area contributed by atoms with E-state index in [4.69, 9.17) is 0 Å². The predicted octanol–water partition coefficient (Wildman–Crippen LogP) is 2.95. The van der Waals surface area contributed by atoms with Crippen LogP contribution in [-0.4, -0.2) is 29.3 Å². The molecule has 2 rings (SSSR count). The number of carbonyl (C=O) groups excluding carboxylic acids is 2. The Hall–Kier alpha value is -1.75. The number of hydrogen-bond acceptors (Lipinski definition) is 4. The van der Waals surface area contributed by atoms with Gasteiger partial charge in [-0.15, -0.1) is 11.8 Å². The monoisotopic (exact) mass is 305 g/mol. The van der Waals surface area contributed by atoms with Crippen LogP contribution in [0, 0.1) is 0 Å². The molecule has 5 heteroatoms. The third kappa shape index (κ3) is 4.11. The number of amides is 1. The predicted molar refractivity (Wildman–Crippen MR) is 83.4 cm³/mol. The van der Waals surface area contributed by atoms with E-state index in [1.165, 1.54) is 12.7 Å². The minimum absolute atomic E-state index is 0.0791. The smallest absolute Gasteiger partial charge is 0.305 e. The number of carbonyl (C=O) groups is 2. The molecule has 0 aliphatic carbocycles. The van der Waals surface area contributed by atoms with E-state index >= 15 is 0 Å². The van der Waals surface area contributed by atoms with E-state index in [1.807, 2.05) is 18.2 Å². The molecule has 0 saturated carbocycles. The maximum atomic E-state index is 11.7. The van der Waals surface area contributed by atoms with Gasteiger partial charge in [0, 0.05) is 11.4 Å². The van der Waals surface area contributed by atoms with Crippen LogP contribution in [0.15, 0.2) is 42.6 Å². The number of thioether (sulfide) groups is 1. The van der Waals surface area contributed by atoms with Gasteiger partial charge in [0.15, 0.2) is 0 Å². The molecule has 21 heavy (non-hydrogen) atoms. The Labute approximate surface area is 129 Å². The van der Waals surface area contributed by atoms with E-state index in [-0.39, 0.29) is 23.7 Å². The molecule has 1 heterocycles. The lowest BCUT2D eigenvalue weighted by molar-refractivity contribution is -0.142. The van der Waals surface area contributed by atoms with E-state index in [1.54, 1.807) is 16.7 Å². The van der Waals surface area contributed by atoms with E-state index in [9.17, 15) is 9.59 Å². The Balaban J connectivity index is 1.83. The second kappa shape index (κ2) is 7.31. The number of benzene rings is 1. The molecule has 1 aromatic rings. The van der Waals surface area contributed by atoms with Crippen LogP contribution in [-0.2, 0) is 20.1 Å². The average molecular weight is 305 g/mol. The van der Waals surface area contributed by atoms with Crippen molar-refractivity contribution in [3.8, 4) is 0 Å². The maximum Gasteiger partial charge on any atom is 0.305 e. The molecular weight excluding hydrogens is 286 g/mol. The summed E-state index contributed by atoms with van der Waals surface area (Å²) in [7, 11) is 1.36. The molecule has 0 N–H and O–H groups in total. The SMILES string of the molecule is C=C(CCC(=O)OC)N1C(=O)CC1SCc1ccccc1. The third-order valence-corrected chi connectivity index (χ3v) is 4.64. The summed E-state index contributed by atoms with van der Waals surface area (Å²) in [5.41, 5.74) is 1.93. The fraction of sp³-hybridized carbons (Fsp3) is 0.375. The van der Waals surface area contributed by atoms with Crippen LogP contribution in [0.5, 0.6) is 0 Å².